The summed E-state index contributed by atoms with van der Waals surface area (Å²) in [5.74, 6) is -1.33. The summed E-state index contributed by atoms with van der Waals surface area (Å²) in [6.07, 6.45) is 2.14. The van der Waals surface area contributed by atoms with Gasteiger partial charge in [0.1, 0.15) is 0 Å². The molecule has 5 heterocycles. The number of ether oxygens (including phenoxy) is 1. The van der Waals surface area contributed by atoms with Crippen molar-refractivity contribution in [3.8, 4) is 11.4 Å². The molecular weight excluding hydrogens is 607 g/mol. The van der Waals surface area contributed by atoms with Crippen LogP contribution in [-0.2, 0) is 20.9 Å². The molecule has 242 valence electrons. The molecule has 4 aromatic rings. The summed E-state index contributed by atoms with van der Waals surface area (Å²) in [4.78, 5) is 50.8. The van der Waals surface area contributed by atoms with E-state index in [-0.39, 0.29) is 16.8 Å². The van der Waals surface area contributed by atoms with Crippen molar-refractivity contribution < 1.29 is 32.3 Å². The summed E-state index contributed by atoms with van der Waals surface area (Å²) in [7, 11) is 0.900. The summed E-state index contributed by atoms with van der Waals surface area (Å²) in [6.45, 7) is 5.14. The zero-order chi connectivity index (χ0) is 32.3. The number of nitrogens with one attached hydrogen (secondary N) is 1. The molecule has 0 spiro atoms. The lowest BCUT2D eigenvalue weighted by molar-refractivity contribution is -0.224. The van der Waals surface area contributed by atoms with Crippen molar-refractivity contribution in [1.29, 1.82) is 0 Å². The van der Waals surface area contributed by atoms with Gasteiger partial charge in [-0.05, 0) is 48.7 Å². The minimum atomic E-state index is -5.23. The largest absolute Gasteiger partial charge is 0.493 e. The normalized spacial score (nSPS) is 16.4. The maximum absolute atomic E-state index is 12.5. The lowest BCUT2D eigenvalue weighted by atomic mass is 10.0. The Balaban J connectivity index is 1.22. The van der Waals surface area contributed by atoms with Crippen LogP contribution in [0.25, 0.3) is 22.6 Å². The van der Waals surface area contributed by atoms with Crippen molar-refractivity contribution in [2.75, 3.05) is 56.7 Å². The van der Waals surface area contributed by atoms with Gasteiger partial charge in [-0.2, -0.15) is 18.2 Å². The summed E-state index contributed by atoms with van der Waals surface area (Å²) >= 11 is 0. The number of rotatable bonds is 6. The van der Waals surface area contributed by atoms with Crippen LogP contribution in [-0.4, -0.2) is 99.1 Å². The van der Waals surface area contributed by atoms with Crippen molar-refractivity contribution in [2.45, 2.75) is 31.6 Å². The maximum atomic E-state index is 12.5. The average Bonchev–Trinajstić information content (AvgIpc) is 3.49. The molecule has 1 N–H and O–H groups in total. The Morgan fingerprint density at radius 2 is 1.80 bits per heavy atom. The van der Waals surface area contributed by atoms with Crippen molar-refractivity contribution >= 4 is 34.7 Å². The standard InChI is InChI=1S/C30H32F3N9O4/c1-39(46-28(43)30(31,32)33)29(44)36-22-6-4-21(5-7-22)25-37-26(41-13-15-45-16-14-41)24-27(38-25)42(19-35-24)23-8-11-40(12-9-23)18-20-3-2-10-34-17-20/h2-7,10,17,19,23H,8-9,11-16,18H2,1H3,(H,36,44). The second-order valence-electron chi connectivity index (χ2n) is 11.0. The lowest BCUT2D eigenvalue weighted by Gasteiger charge is -2.32. The van der Waals surface area contributed by atoms with Crippen LogP contribution in [0.5, 0.6) is 0 Å². The van der Waals surface area contributed by atoms with Gasteiger partial charge in [0.05, 0.1) is 26.6 Å². The number of carbonyl (C=O) groups excluding carboxylic acids is 2. The third-order valence-electron chi connectivity index (χ3n) is 7.92. The molecule has 2 amide bonds. The molecule has 16 heteroatoms. The smallest absolute Gasteiger partial charge is 0.378 e. The highest BCUT2D eigenvalue weighted by molar-refractivity contribution is 5.90. The summed E-state index contributed by atoms with van der Waals surface area (Å²) < 4.78 is 45.2. The number of hydrogen-bond donors (Lipinski definition) is 1. The van der Waals surface area contributed by atoms with E-state index in [9.17, 15) is 22.8 Å². The van der Waals surface area contributed by atoms with Crippen LogP contribution < -0.4 is 10.2 Å². The van der Waals surface area contributed by atoms with E-state index in [0.717, 1.165) is 45.2 Å². The number of nitrogens with zero attached hydrogens (tertiary/aromatic N) is 8. The number of piperidine rings is 1. The molecule has 2 saturated heterocycles. The van der Waals surface area contributed by atoms with Crippen LogP contribution in [0.3, 0.4) is 0 Å². The fourth-order valence-corrected chi connectivity index (χ4v) is 5.52. The fraction of sp³-hybridized carbons (Fsp3) is 0.400. The van der Waals surface area contributed by atoms with E-state index < -0.39 is 18.2 Å². The highest BCUT2D eigenvalue weighted by atomic mass is 19.4. The molecule has 0 saturated carbocycles. The lowest BCUT2D eigenvalue weighted by Crippen LogP contribution is -2.38. The van der Waals surface area contributed by atoms with Gasteiger partial charge in [0.25, 0.3) is 0 Å². The Labute approximate surface area is 261 Å². The SMILES string of the molecule is CN(OC(=O)C(F)(F)F)C(=O)Nc1ccc(-c2nc(N3CCOCC3)c3ncn(C4CCN(Cc5cccnc5)CC4)c3n2)cc1. The number of anilines is 2. The third-order valence-corrected chi connectivity index (χ3v) is 7.92. The predicted molar refractivity (Wildman–Crippen MR) is 161 cm³/mol. The molecule has 0 aliphatic carbocycles. The first-order valence-corrected chi connectivity index (χ1v) is 14.8. The van der Waals surface area contributed by atoms with E-state index in [2.05, 4.69) is 35.6 Å². The quantitative estimate of drug-likeness (QED) is 0.309. The van der Waals surface area contributed by atoms with E-state index >= 15 is 0 Å². The van der Waals surface area contributed by atoms with Crippen molar-refractivity contribution in [1.82, 2.24) is 34.5 Å². The number of morpholine rings is 1. The Bertz CT molecular complexity index is 1670. The Kier molecular flexibility index (Phi) is 8.99. The Hall–Kier alpha value is -4.83. The van der Waals surface area contributed by atoms with Crippen LogP contribution in [0, 0.1) is 0 Å². The topological polar surface area (TPSA) is 131 Å². The molecular formula is C30H32F3N9O4. The van der Waals surface area contributed by atoms with Gasteiger partial charge in [-0.3, -0.25) is 9.88 Å². The molecule has 3 aromatic heterocycles. The van der Waals surface area contributed by atoms with Gasteiger partial charge in [0.15, 0.2) is 22.8 Å². The molecule has 1 aromatic carbocycles. The summed E-state index contributed by atoms with van der Waals surface area (Å²) in [5.41, 5.74) is 3.54. The molecule has 0 bridgehead atoms. The van der Waals surface area contributed by atoms with Gasteiger partial charge in [0.2, 0.25) is 0 Å². The monoisotopic (exact) mass is 639 g/mol. The average molecular weight is 640 g/mol. The van der Waals surface area contributed by atoms with Crippen molar-refractivity contribution in [2.24, 2.45) is 0 Å². The van der Waals surface area contributed by atoms with Gasteiger partial charge >= 0.3 is 18.2 Å². The minimum Gasteiger partial charge on any atom is -0.378 e. The first-order valence-electron chi connectivity index (χ1n) is 14.8. The van der Waals surface area contributed by atoms with E-state index in [1.54, 1.807) is 30.5 Å². The van der Waals surface area contributed by atoms with E-state index in [1.165, 1.54) is 5.56 Å². The number of fused-ring (bicyclic) bond motifs is 1. The molecule has 0 unspecified atom stereocenters. The second kappa shape index (κ2) is 13.3. The minimum absolute atomic E-state index is 0.180. The van der Waals surface area contributed by atoms with E-state index in [4.69, 9.17) is 19.7 Å². The van der Waals surface area contributed by atoms with Gasteiger partial charge in [-0.1, -0.05) is 6.07 Å². The molecule has 2 fully saturated rings. The predicted octanol–water partition coefficient (Wildman–Crippen LogP) is 4.05. The third kappa shape index (κ3) is 7.02. The number of carbonyl (C=O) groups is 2. The van der Waals surface area contributed by atoms with Gasteiger partial charge in [-0.15, -0.1) is 0 Å². The number of alkyl halides is 3. The number of aromatic nitrogens is 5. The number of pyridine rings is 1. The van der Waals surface area contributed by atoms with Crippen molar-refractivity contribution in [3.63, 3.8) is 0 Å². The zero-order valence-electron chi connectivity index (χ0n) is 25.0. The van der Waals surface area contributed by atoms with E-state index in [1.807, 2.05) is 18.6 Å². The van der Waals surface area contributed by atoms with Crippen molar-refractivity contribution in [3.05, 3.63) is 60.7 Å². The van der Waals surface area contributed by atoms with Gasteiger partial charge in [-0.25, -0.2) is 24.5 Å². The highest BCUT2D eigenvalue weighted by Crippen LogP contribution is 2.32. The Morgan fingerprint density at radius 1 is 1.07 bits per heavy atom. The number of benzene rings is 1. The summed E-state index contributed by atoms with van der Waals surface area (Å²) in [5, 5.41) is 2.57. The summed E-state index contributed by atoms with van der Waals surface area (Å²) in [6, 6.07) is 9.69. The highest BCUT2D eigenvalue weighted by Gasteiger charge is 2.43. The number of hydroxylamine groups is 2. The number of hydrogen-bond acceptors (Lipinski definition) is 10. The van der Waals surface area contributed by atoms with Crippen LogP contribution in [0.2, 0.25) is 0 Å². The molecule has 2 aliphatic heterocycles. The maximum Gasteiger partial charge on any atom is 0.493 e. The van der Waals surface area contributed by atoms with Gasteiger partial charge < -0.3 is 24.4 Å². The number of halogens is 3. The molecule has 0 atom stereocenters. The number of imidazole rings is 1. The molecule has 6 rings (SSSR count). The van der Waals surface area contributed by atoms with Crippen LogP contribution in [0.4, 0.5) is 29.5 Å². The molecule has 2 aliphatic rings. The molecule has 13 nitrogen and oxygen atoms in total. The Morgan fingerprint density at radius 3 is 2.48 bits per heavy atom. The van der Waals surface area contributed by atoms with Crippen LogP contribution >= 0.6 is 0 Å². The molecule has 46 heavy (non-hydrogen) atoms. The van der Waals surface area contributed by atoms with E-state index in [0.29, 0.717) is 49.0 Å². The first kappa shape index (κ1) is 31.2. The zero-order valence-corrected chi connectivity index (χ0v) is 25.0. The number of amides is 2. The number of urea groups is 1. The van der Waals surface area contributed by atoms with Crippen LogP contribution in [0.1, 0.15) is 24.4 Å². The number of likely N-dealkylation sites (tertiary alicyclic amines) is 1. The second-order valence-corrected chi connectivity index (χ2v) is 11.0. The molecule has 0 radical (unpaired) electrons. The van der Waals surface area contributed by atoms with Crippen LogP contribution in [0.15, 0.2) is 55.1 Å². The fourth-order valence-electron chi connectivity index (χ4n) is 5.52. The van der Waals surface area contributed by atoms with Gasteiger partial charge in [0, 0.05) is 62.4 Å². The first-order chi connectivity index (χ1) is 22.2.